The molecule has 2 aromatic carbocycles. The molecule has 3 amide bonds. The van der Waals surface area contributed by atoms with Gasteiger partial charge in [-0.1, -0.05) is 59.7 Å². The zero-order valence-electron chi connectivity index (χ0n) is 23.2. The standard InChI is InChI=1S/C29H41N3O5/c1-19-14-20(2)16-22(15-19)24(25(34)30-17-21-12-10-9-11-13-21)32(28(3,4)5)26(35)23(18-33)31-27(36)37-29(6,7)8/h9-16,23-24,33H,17-18H2,1-8H3,(H,30,34)(H,31,36). The molecular weight excluding hydrogens is 470 g/mol. The molecule has 2 atom stereocenters. The molecule has 0 saturated carbocycles. The van der Waals surface area contributed by atoms with Gasteiger partial charge in [-0.2, -0.15) is 0 Å². The predicted octanol–water partition coefficient (Wildman–Crippen LogP) is 4.17. The monoisotopic (exact) mass is 511 g/mol. The van der Waals surface area contributed by atoms with Crippen LogP contribution in [0, 0.1) is 13.8 Å². The number of hydrogen-bond donors (Lipinski definition) is 3. The Morgan fingerprint density at radius 1 is 0.946 bits per heavy atom. The predicted molar refractivity (Wildman–Crippen MR) is 144 cm³/mol. The number of hydrogen-bond acceptors (Lipinski definition) is 5. The first-order valence-electron chi connectivity index (χ1n) is 12.5. The van der Waals surface area contributed by atoms with Crippen molar-refractivity contribution in [3.63, 3.8) is 0 Å². The highest BCUT2D eigenvalue weighted by atomic mass is 16.6. The van der Waals surface area contributed by atoms with Crippen LogP contribution in [0.5, 0.6) is 0 Å². The molecule has 0 aliphatic rings. The quantitative estimate of drug-likeness (QED) is 0.493. The Hall–Kier alpha value is -3.39. The molecule has 202 valence electrons. The van der Waals surface area contributed by atoms with Gasteiger partial charge in [-0.3, -0.25) is 9.59 Å². The van der Waals surface area contributed by atoms with Crippen LogP contribution >= 0.6 is 0 Å². The fraction of sp³-hybridized carbons (Fsp3) is 0.483. The number of alkyl carbamates (subject to hydrolysis) is 1. The second-order valence-electron chi connectivity index (χ2n) is 11.3. The summed E-state index contributed by atoms with van der Waals surface area (Å²) >= 11 is 0. The summed E-state index contributed by atoms with van der Waals surface area (Å²) in [6.45, 7) is 14.0. The van der Waals surface area contributed by atoms with Crippen molar-refractivity contribution in [2.45, 2.75) is 85.2 Å². The average Bonchev–Trinajstić information content (AvgIpc) is 2.77. The van der Waals surface area contributed by atoms with Crippen molar-refractivity contribution in [3.05, 3.63) is 70.8 Å². The van der Waals surface area contributed by atoms with Gasteiger partial charge in [-0.05, 0) is 66.5 Å². The van der Waals surface area contributed by atoms with Gasteiger partial charge in [0.1, 0.15) is 17.7 Å². The van der Waals surface area contributed by atoms with Crippen LogP contribution in [0.25, 0.3) is 0 Å². The lowest BCUT2D eigenvalue weighted by Gasteiger charge is -2.43. The van der Waals surface area contributed by atoms with Gasteiger partial charge in [0.05, 0.1) is 6.61 Å². The molecule has 2 rings (SSSR count). The van der Waals surface area contributed by atoms with E-state index in [-0.39, 0.29) is 12.5 Å². The van der Waals surface area contributed by atoms with Gasteiger partial charge in [0.15, 0.2) is 0 Å². The van der Waals surface area contributed by atoms with Gasteiger partial charge in [-0.15, -0.1) is 0 Å². The first-order chi connectivity index (χ1) is 17.1. The number of carbonyl (C=O) groups excluding carboxylic acids is 3. The summed E-state index contributed by atoms with van der Waals surface area (Å²) in [5.41, 5.74) is 1.83. The maximum absolute atomic E-state index is 13.9. The zero-order chi connectivity index (χ0) is 28.0. The van der Waals surface area contributed by atoms with Gasteiger partial charge in [-0.25, -0.2) is 4.79 Å². The highest BCUT2D eigenvalue weighted by molar-refractivity contribution is 5.92. The van der Waals surface area contributed by atoms with Gasteiger partial charge in [0.2, 0.25) is 11.8 Å². The van der Waals surface area contributed by atoms with E-state index in [1.54, 1.807) is 20.8 Å². The molecule has 0 bridgehead atoms. The number of nitrogens with one attached hydrogen (secondary N) is 2. The molecule has 2 aromatic rings. The first-order valence-corrected chi connectivity index (χ1v) is 12.5. The van der Waals surface area contributed by atoms with Crippen LogP contribution in [-0.4, -0.2) is 51.7 Å². The second kappa shape index (κ2) is 12.2. The molecule has 8 heteroatoms. The second-order valence-corrected chi connectivity index (χ2v) is 11.3. The van der Waals surface area contributed by atoms with Crippen molar-refractivity contribution in [1.82, 2.24) is 15.5 Å². The average molecular weight is 512 g/mol. The minimum atomic E-state index is -1.30. The minimum Gasteiger partial charge on any atom is -0.444 e. The molecule has 0 aliphatic heterocycles. The summed E-state index contributed by atoms with van der Waals surface area (Å²) in [6.07, 6.45) is -0.828. The Labute approximate surface area is 220 Å². The van der Waals surface area contributed by atoms with E-state index < -0.39 is 41.8 Å². The number of ether oxygens (including phenoxy) is 1. The summed E-state index contributed by atoms with van der Waals surface area (Å²) in [4.78, 5) is 41.5. The SMILES string of the molecule is Cc1cc(C)cc(C(C(=O)NCc2ccccc2)N(C(=O)C(CO)NC(=O)OC(C)(C)C)C(C)(C)C)c1. The van der Waals surface area contributed by atoms with E-state index in [4.69, 9.17) is 4.74 Å². The third-order valence-corrected chi connectivity index (χ3v) is 5.51. The normalized spacial score (nSPS) is 13.3. The lowest BCUT2D eigenvalue weighted by atomic mass is 9.93. The van der Waals surface area contributed by atoms with E-state index in [9.17, 15) is 19.5 Å². The molecule has 0 saturated heterocycles. The van der Waals surface area contributed by atoms with Crippen LogP contribution in [0.4, 0.5) is 4.79 Å². The molecule has 0 heterocycles. The minimum absolute atomic E-state index is 0.284. The topological polar surface area (TPSA) is 108 Å². The molecule has 0 aliphatic carbocycles. The lowest BCUT2D eigenvalue weighted by molar-refractivity contribution is -0.149. The largest absolute Gasteiger partial charge is 0.444 e. The number of carbonyl (C=O) groups is 3. The van der Waals surface area contributed by atoms with E-state index in [0.29, 0.717) is 5.56 Å². The van der Waals surface area contributed by atoms with Crippen molar-refractivity contribution in [2.24, 2.45) is 0 Å². The van der Waals surface area contributed by atoms with Crippen molar-refractivity contribution in [2.75, 3.05) is 6.61 Å². The highest BCUT2D eigenvalue weighted by Gasteiger charge is 2.41. The first kappa shape index (κ1) is 29.8. The number of nitrogens with zero attached hydrogens (tertiary/aromatic N) is 1. The number of amides is 3. The molecule has 0 spiro atoms. The van der Waals surface area contributed by atoms with Gasteiger partial charge in [0, 0.05) is 12.1 Å². The fourth-order valence-electron chi connectivity index (χ4n) is 4.12. The summed E-state index contributed by atoms with van der Waals surface area (Å²) in [5.74, 6) is -0.967. The van der Waals surface area contributed by atoms with E-state index in [0.717, 1.165) is 16.7 Å². The van der Waals surface area contributed by atoms with Crippen LogP contribution in [0.1, 0.15) is 69.8 Å². The maximum atomic E-state index is 13.9. The Balaban J connectivity index is 2.50. The molecule has 0 aromatic heterocycles. The van der Waals surface area contributed by atoms with Crippen molar-refractivity contribution < 1.29 is 24.2 Å². The Morgan fingerprint density at radius 2 is 1.51 bits per heavy atom. The molecule has 37 heavy (non-hydrogen) atoms. The van der Waals surface area contributed by atoms with E-state index in [1.165, 1.54) is 4.90 Å². The molecule has 0 radical (unpaired) electrons. The Morgan fingerprint density at radius 3 is 2.00 bits per heavy atom. The van der Waals surface area contributed by atoms with Gasteiger partial charge >= 0.3 is 6.09 Å². The molecule has 8 nitrogen and oxygen atoms in total. The Kier molecular flexibility index (Phi) is 9.87. The van der Waals surface area contributed by atoms with E-state index >= 15 is 0 Å². The third-order valence-electron chi connectivity index (χ3n) is 5.51. The summed E-state index contributed by atoms with van der Waals surface area (Å²) in [5, 5.41) is 15.5. The van der Waals surface area contributed by atoms with Crippen LogP contribution in [0.3, 0.4) is 0 Å². The maximum Gasteiger partial charge on any atom is 0.408 e. The van der Waals surface area contributed by atoms with Crippen molar-refractivity contribution >= 4 is 17.9 Å². The summed E-state index contributed by atoms with van der Waals surface area (Å²) < 4.78 is 5.29. The van der Waals surface area contributed by atoms with Crippen molar-refractivity contribution in [3.8, 4) is 0 Å². The van der Waals surface area contributed by atoms with Crippen LogP contribution in [0.15, 0.2) is 48.5 Å². The smallest absolute Gasteiger partial charge is 0.408 e. The summed E-state index contributed by atoms with van der Waals surface area (Å²) in [7, 11) is 0. The number of aliphatic hydroxyl groups is 1. The molecular formula is C29H41N3O5. The molecule has 2 unspecified atom stereocenters. The van der Waals surface area contributed by atoms with Gasteiger partial charge in [0.25, 0.3) is 0 Å². The number of aliphatic hydroxyl groups excluding tert-OH is 1. The highest BCUT2D eigenvalue weighted by Crippen LogP contribution is 2.31. The zero-order valence-corrected chi connectivity index (χ0v) is 23.2. The number of rotatable bonds is 8. The number of benzene rings is 2. The van der Waals surface area contributed by atoms with E-state index in [1.807, 2.05) is 83.1 Å². The van der Waals surface area contributed by atoms with Crippen LogP contribution in [0.2, 0.25) is 0 Å². The van der Waals surface area contributed by atoms with Crippen LogP contribution in [-0.2, 0) is 20.9 Å². The fourth-order valence-corrected chi connectivity index (χ4v) is 4.12. The third kappa shape index (κ3) is 8.89. The molecule has 0 fully saturated rings. The van der Waals surface area contributed by atoms with Crippen LogP contribution < -0.4 is 10.6 Å². The van der Waals surface area contributed by atoms with E-state index in [2.05, 4.69) is 10.6 Å². The molecule has 3 N–H and O–H groups in total. The summed E-state index contributed by atoms with van der Waals surface area (Å²) in [6, 6.07) is 12.9. The van der Waals surface area contributed by atoms with Crippen molar-refractivity contribution in [1.29, 1.82) is 0 Å². The number of aryl methyl sites for hydroxylation is 2. The van der Waals surface area contributed by atoms with Gasteiger partial charge < -0.3 is 25.4 Å². The lowest BCUT2D eigenvalue weighted by Crippen LogP contribution is -2.59. The Bertz CT molecular complexity index is 1070.